The number of nitrogens with zero attached hydrogens (tertiary/aromatic N) is 2. The number of aromatic nitrogens is 2. The highest BCUT2D eigenvalue weighted by Crippen LogP contribution is 2.32. The predicted molar refractivity (Wildman–Crippen MR) is 157 cm³/mol. The van der Waals surface area contributed by atoms with E-state index in [0.29, 0.717) is 16.5 Å². The molecule has 1 amide bonds. The Morgan fingerprint density at radius 1 is 0.929 bits per heavy atom. The minimum Gasteiger partial charge on any atom is -0.379 e. The maximum atomic E-state index is 13.9. The van der Waals surface area contributed by atoms with Gasteiger partial charge in [-0.05, 0) is 66.7 Å². The van der Waals surface area contributed by atoms with Crippen molar-refractivity contribution in [3.8, 4) is 17.0 Å². The first kappa shape index (κ1) is 28.9. The van der Waals surface area contributed by atoms with E-state index in [2.05, 4.69) is 20.6 Å². The molecule has 10 nitrogen and oxygen atoms in total. The predicted octanol–water partition coefficient (Wildman–Crippen LogP) is 5.51. The number of thiazole rings is 1. The second-order valence-electron chi connectivity index (χ2n) is 8.83. The van der Waals surface area contributed by atoms with Crippen molar-refractivity contribution in [2.75, 3.05) is 16.9 Å². The van der Waals surface area contributed by atoms with Crippen LogP contribution in [0.5, 0.6) is 5.75 Å². The van der Waals surface area contributed by atoms with Crippen molar-refractivity contribution in [1.82, 2.24) is 9.97 Å². The number of halogens is 1. The molecule has 5 rings (SSSR count). The Kier molecular flexibility index (Phi) is 8.02. The van der Waals surface area contributed by atoms with Crippen LogP contribution in [0, 0.1) is 5.82 Å². The lowest BCUT2D eigenvalue weighted by molar-refractivity contribution is 0.102. The van der Waals surface area contributed by atoms with Gasteiger partial charge in [0.15, 0.2) is 15.0 Å². The summed E-state index contributed by atoms with van der Waals surface area (Å²) in [5.41, 5.74) is 2.13. The lowest BCUT2D eigenvalue weighted by Gasteiger charge is -2.12. The van der Waals surface area contributed by atoms with Gasteiger partial charge in [0, 0.05) is 40.8 Å². The first-order valence-electron chi connectivity index (χ1n) is 12.1. The van der Waals surface area contributed by atoms with Gasteiger partial charge in [-0.3, -0.25) is 9.78 Å². The van der Waals surface area contributed by atoms with Gasteiger partial charge >= 0.3 is 10.1 Å². The quantitative estimate of drug-likeness (QED) is 0.203. The maximum Gasteiger partial charge on any atom is 0.342 e. The minimum atomic E-state index is -4.43. The van der Waals surface area contributed by atoms with Gasteiger partial charge in [0.1, 0.15) is 16.5 Å². The Hall–Kier alpha value is -4.66. The van der Waals surface area contributed by atoms with Crippen LogP contribution in [-0.4, -0.2) is 39.0 Å². The fourth-order valence-corrected chi connectivity index (χ4v) is 6.37. The monoisotopic (exact) mass is 624 g/mol. The van der Waals surface area contributed by atoms with Crippen LogP contribution in [0.2, 0.25) is 0 Å². The summed E-state index contributed by atoms with van der Waals surface area (Å²) in [4.78, 5) is 20.9. The largest absolute Gasteiger partial charge is 0.379 e. The van der Waals surface area contributed by atoms with Crippen LogP contribution in [0.15, 0.2) is 106 Å². The van der Waals surface area contributed by atoms with Crippen molar-refractivity contribution < 1.29 is 30.2 Å². The van der Waals surface area contributed by atoms with Crippen molar-refractivity contribution in [2.24, 2.45) is 0 Å². The van der Waals surface area contributed by atoms with Crippen LogP contribution >= 0.6 is 11.3 Å². The fourth-order valence-electron chi connectivity index (χ4n) is 3.81. The molecule has 2 aromatic heterocycles. The summed E-state index contributed by atoms with van der Waals surface area (Å²) in [5, 5.41) is 7.95. The lowest BCUT2D eigenvalue weighted by atomic mass is 10.2. The van der Waals surface area contributed by atoms with E-state index in [0.717, 1.165) is 24.0 Å². The number of benzene rings is 3. The highest BCUT2D eigenvalue weighted by molar-refractivity contribution is 7.90. The van der Waals surface area contributed by atoms with Gasteiger partial charge in [0.25, 0.3) is 5.91 Å². The number of pyridine rings is 1. The van der Waals surface area contributed by atoms with E-state index in [4.69, 9.17) is 4.18 Å². The number of carbonyl (C=O) groups excluding carboxylic acids is 1. The third kappa shape index (κ3) is 6.62. The van der Waals surface area contributed by atoms with Crippen molar-refractivity contribution in [2.45, 2.75) is 9.79 Å². The molecule has 0 unspecified atom stereocenters. The number of sulfone groups is 1. The zero-order valence-corrected chi connectivity index (χ0v) is 24.1. The summed E-state index contributed by atoms with van der Waals surface area (Å²) in [6, 6.07) is 17.9. The molecule has 0 aliphatic carbocycles. The summed E-state index contributed by atoms with van der Waals surface area (Å²) in [6.07, 6.45) is 4.39. The molecule has 42 heavy (non-hydrogen) atoms. The van der Waals surface area contributed by atoms with E-state index in [1.165, 1.54) is 65.9 Å². The molecular weight excluding hydrogens is 604 g/mol. The summed E-state index contributed by atoms with van der Waals surface area (Å²) in [5.74, 6) is -1.62. The second kappa shape index (κ2) is 11.7. The molecule has 0 fully saturated rings. The summed E-state index contributed by atoms with van der Waals surface area (Å²) in [7, 11) is -8.06. The normalized spacial score (nSPS) is 11.6. The fraction of sp³-hybridized carbons (Fsp3) is 0.0357. The number of anilines is 3. The molecule has 14 heteroatoms. The summed E-state index contributed by atoms with van der Waals surface area (Å²) in [6.45, 7) is 0. The zero-order valence-electron chi connectivity index (χ0n) is 21.7. The molecule has 0 radical (unpaired) electrons. The number of hydrogen-bond acceptors (Lipinski definition) is 10. The maximum absolute atomic E-state index is 13.9. The summed E-state index contributed by atoms with van der Waals surface area (Å²) < 4.78 is 68.6. The average Bonchev–Trinajstić information content (AvgIpc) is 3.42. The first-order chi connectivity index (χ1) is 20.0. The standard InChI is InChI=1S/C28H21FN4O6S3/c1-41(35,36)26-13-10-20(15-23(26)32-28-33-24(17-40-28)19-5-4-14-30-16-19)31-27(34)18-8-11-21(12-9-18)39-42(37,38)25-7-3-2-6-22(25)29/h2-17H,1H3,(H,31,34)(H,32,33). The number of rotatable bonds is 9. The van der Waals surface area contributed by atoms with Gasteiger partial charge in [0.2, 0.25) is 0 Å². The second-order valence-corrected chi connectivity index (χ2v) is 13.2. The Morgan fingerprint density at radius 2 is 1.69 bits per heavy atom. The molecule has 5 aromatic rings. The summed E-state index contributed by atoms with van der Waals surface area (Å²) >= 11 is 1.27. The minimum absolute atomic E-state index is 0.0104. The van der Waals surface area contributed by atoms with Gasteiger partial charge < -0.3 is 14.8 Å². The van der Waals surface area contributed by atoms with E-state index in [9.17, 15) is 26.0 Å². The number of amides is 1. The van der Waals surface area contributed by atoms with Crippen molar-refractivity contribution in [3.63, 3.8) is 0 Å². The molecule has 0 aliphatic rings. The van der Waals surface area contributed by atoms with Crippen molar-refractivity contribution >= 4 is 53.7 Å². The third-order valence-corrected chi connectivity index (χ3v) is 8.96. The van der Waals surface area contributed by atoms with E-state index in [-0.39, 0.29) is 21.9 Å². The van der Waals surface area contributed by atoms with Crippen LogP contribution in [0.3, 0.4) is 0 Å². The lowest BCUT2D eigenvalue weighted by Crippen LogP contribution is -2.13. The van der Waals surface area contributed by atoms with Crippen LogP contribution in [-0.2, 0) is 20.0 Å². The van der Waals surface area contributed by atoms with Gasteiger partial charge in [0.05, 0.1) is 16.3 Å². The highest BCUT2D eigenvalue weighted by atomic mass is 32.2. The van der Waals surface area contributed by atoms with E-state index < -0.39 is 36.6 Å². The molecule has 3 aromatic carbocycles. The van der Waals surface area contributed by atoms with Gasteiger partial charge in [-0.25, -0.2) is 17.8 Å². The zero-order chi connectivity index (χ0) is 29.9. The van der Waals surface area contributed by atoms with Crippen LogP contribution in [0.1, 0.15) is 10.4 Å². The molecule has 2 heterocycles. The average molecular weight is 625 g/mol. The molecule has 0 saturated carbocycles. The molecule has 2 N–H and O–H groups in total. The van der Waals surface area contributed by atoms with Crippen molar-refractivity contribution in [1.29, 1.82) is 0 Å². The number of carbonyl (C=O) groups is 1. The van der Waals surface area contributed by atoms with Crippen molar-refractivity contribution in [3.05, 3.63) is 108 Å². The Bertz CT molecular complexity index is 1980. The molecule has 0 saturated heterocycles. The smallest absolute Gasteiger partial charge is 0.342 e. The molecule has 0 bridgehead atoms. The Labute approximate surface area is 244 Å². The number of nitrogens with one attached hydrogen (secondary N) is 2. The van der Waals surface area contributed by atoms with Crippen LogP contribution < -0.4 is 14.8 Å². The van der Waals surface area contributed by atoms with Gasteiger partial charge in [-0.15, -0.1) is 11.3 Å². The topological polar surface area (TPSA) is 144 Å². The van der Waals surface area contributed by atoms with E-state index >= 15 is 0 Å². The SMILES string of the molecule is CS(=O)(=O)c1ccc(NC(=O)c2ccc(OS(=O)(=O)c3ccccc3F)cc2)cc1Nc1nc(-c2cccnc2)cs1. The number of hydrogen-bond donors (Lipinski definition) is 2. The Morgan fingerprint density at radius 3 is 2.38 bits per heavy atom. The Balaban J connectivity index is 1.33. The molecule has 0 aliphatic heterocycles. The van der Waals surface area contributed by atoms with Crippen LogP contribution in [0.4, 0.5) is 20.9 Å². The highest BCUT2D eigenvalue weighted by Gasteiger charge is 2.21. The molecule has 214 valence electrons. The molecule has 0 spiro atoms. The van der Waals surface area contributed by atoms with E-state index in [1.807, 2.05) is 6.07 Å². The van der Waals surface area contributed by atoms with Gasteiger partial charge in [-0.2, -0.15) is 8.42 Å². The first-order valence-corrected chi connectivity index (χ1v) is 16.2. The van der Waals surface area contributed by atoms with Crippen LogP contribution in [0.25, 0.3) is 11.3 Å². The molecular formula is C28H21FN4O6S3. The van der Waals surface area contributed by atoms with Gasteiger partial charge in [-0.1, -0.05) is 12.1 Å². The third-order valence-electron chi connectivity index (χ3n) is 5.77. The molecule has 0 atom stereocenters. The van der Waals surface area contributed by atoms with E-state index in [1.54, 1.807) is 23.8 Å².